The Bertz CT molecular complexity index is 588. The van der Waals surface area contributed by atoms with Gasteiger partial charge in [0.2, 0.25) is 0 Å². The summed E-state index contributed by atoms with van der Waals surface area (Å²) in [5.41, 5.74) is 1.40. The van der Waals surface area contributed by atoms with Crippen LogP contribution in [0.15, 0.2) is 30.6 Å². The Hall–Kier alpha value is -2.30. The molecule has 0 saturated heterocycles. The molecule has 94 valence electrons. The zero-order valence-corrected chi connectivity index (χ0v) is 10.2. The van der Waals surface area contributed by atoms with Crippen molar-refractivity contribution in [3.05, 3.63) is 36.2 Å². The third-order valence-corrected chi connectivity index (χ3v) is 2.69. The number of aromatic carboxylic acids is 1. The summed E-state index contributed by atoms with van der Waals surface area (Å²) < 4.78 is 1.78. The van der Waals surface area contributed by atoms with E-state index in [4.69, 9.17) is 5.11 Å². The second-order valence-corrected chi connectivity index (χ2v) is 4.34. The molecule has 5 nitrogen and oxygen atoms in total. The summed E-state index contributed by atoms with van der Waals surface area (Å²) >= 11 is 0. The predicted molar refractivity (Wildman–Crippen MR) is 66.7 cm³/mol. The highest BCUT2D eigenvalue weighted by Gasteiger charge is 2.11. The van der Waals surface area contributed by atoms with E-state index >= 15 is 0 Å². The number of carbonyl (C=O) groups is 1. The second kappa shape index (κ2) is 4.52. The maximum Gasteiger partial charge on any atom is 0.335 e. The number of hydrogen-bond donors (Lipinski definition) is 2. The Labute approximate surface area is 104 Å². The first-order valence-corrected chi connectivity index (χ1v) is 5.60. The zero-order chi connectivity index (χ0) is 13.3. The fourth-order valence-corrected chi connectivity index (χ4v) is 1.67. The number of aromatic hydroxyl groups is 1. The van der Waals surface area contributed by atoms with E-state index in [0.717, 1.165) is 5.56 Å². The fourth-order valence-electron chi connectivity index (χ4n) is 1.67. The van der Waals surface area contributed by atoms with Crippen molar-refractivity contribution in [3.8, 4) is 16.9 Å². The molecule has 0 atom stereocenters. The number of rotatable bonds is 3. The number of aromatic nitrogens is 2. The Morgan fingerprint density at radius 2 is 2.11 bits per heavy atom. The molecule has 0 aliphatic carbocycles. The molecule has 2 aromatic rings. The normalized spacial score (nSPS) is 10.8. The topological polar surface area (TPSA) is 75.4 Å². The minimum absolute atomic E-state index is 0.0572. The van der Waals surface area contributed by atoms with Crippen molar-refractivity contribution in [1.29, 1.82) is 0 Å². The van der Waals surface area contributed by atoms with Crippen LogP contribution in [0.25, 0.3) is 11.1 Å². The van der Waals surface area contributed by atoms with E-state index in [0.29, 0.717) is 5.56 Å². The van der Waals surface area contributed by atoms with Crippen LogP contribution in [-0.2, 0) is 0 Å². The molecule has 2 N–H and O–H groups in total. The van der Waals surface area contributed by atoms with Gasteiger partial charge in [0.05, 0.1) is 11.8 Å². The lowest BCUT2D eigenvalue weighted by molar-refractivity contribution is 0.0696. The summed E-state index contributed by atoms with van der Waals surface area (Å²) in [4.78, 5) is 10.8. The lowest BCUT2D eigenvalue weighted by Gasteiger charge is -2.04. The second-order valence-electron chi connectivity index (χ2n) is 4.34. The van der Waals surface area contributed by atoms with Gasteiger partial charge in [-0.3, -0.25) is 4.68 Å². The lowest BCUT2D eigenvalue weighted by Crippen LogP contribution is -1.99. The van der Waals surface area contributed by atoms with Crippen LogP contribution in [0.4, 0.5) is 0 Å². The standard InChI is InChI=1S/C13H14N2O3/c1-8(2)15-7-10(6-14-15)11-4-3-9(13(17)18)5-12(11)16/h3-8,16H,1-2H3,(H,17,18). The molecular formula is C13H14N2O3. The minimum Gasteiger partial charge on any atom is -0.507 e. The molecule has 0 spiro atoms. The number of carboxylic acids is 1. The van der Waals surface area contributed by atoms with Gasteiger partial charge in [-0.1, -0.05) is 0 Å². The third-order valence-electron chi connectivity index (χ3n) is 2.69. The molecule has 0 fully saturated rings. The zero-order valence-electron chi connectivity index (χ0n) is 10.2. The number of phenolic OH excluding ortho intramolecular Hbond substituents is 1. The van der Waals surface area contributed by atoms with Crippen LogP contribution in [0.1, 0.15) is 30.2 Å². The van der Waals surface area contributed by atoms with Gasteiger partial charge >= 0.3 is 5.97 Å². The molecule has 1 aromatic heterocycles. The van der Waals surface area contributed by atoms with E-state index in [1.165, 1.54) is 12.1 Å². The van der Waals surface area contributed by atoms with Crippen LogP contribution in [-0.4, -0.2) is 26.0 Å². The van der Waals surface area contributed by atoms with Crippen LogP contribution >= 0.6 is 0 Å². The molecule has 0 radical (unpaired) electrons. The Kier molecular flexibility index (Phi) is 3.06. The van der Waals surface area contributed by atoms with E-state index in [9.17, 15) is 9.90 Å². The first-order chi connectivity index (χ1) is 8.49. The maximum absolute atomic E-state index is 10.8. The van der Waals surface area contributed by atoms with Crippen LogP contribution in [0.5, 0.6) is 5.75 Å². The van der Waals surface area contributed by atoms with Crippen molar-refractivity contribution >= 4 is 5.97 Å². The highest BCUT2D eigenvalue weighted by molar-refractivity contribution is 5.89. The van der Waals surface area contributed by atoms with Crippen LogP contribution < -0.4 is 0 Å². The summed E-state index contributed by atoms with van der Waals surface area (Å²) in [6.45, 7) is 4.01. The molecule has 0 aliphatic heterocycles. The maximum atomic E-state index is 10.8. The largest absolute Gasteiger partial charge is 0.507 e. The highest BCUT2D eigenvalue weighted by Crippen LogP contribution is 2.30. The van der Waals surface area contributed by atoms with Gasteiger partial charge in [0.15, 0.2) is 0 Å². The first kappa shape index (κ1) is 12.2. The van der Waals surface area contributed by atoms with Gasteiger partial charge in [-0.25, -0.2) is 4.79 Å². The van der Waals surface area contributed by atoms with Gasteiger partial charge in [-0.2, -0.15) is 5.10 Å². The van der Waals surface area contributed by atoms with Crippen molar-refractivity contribution in [3.63, 3.8) is 0 Å². The fraction of sp³-hybridized carbons (Fsp3) is 0.231. The van der Waals surface area contributed by atoms with Gasteiger partial charge < -0.3 is 10.2 Å². The molecule has 0 bridgehead atoms. The van der Waals surface area contributed by atoms with E-state index in [1.54, 1.807) is 16.9 Å². The Balaban J connectivity index is 2.41. The van der Waals surface area contributed by atoms with Crippen molar-refractivity contribution in [2.24, 2.45) is 0 Å². The Morgan fingerprint density at radius 3 is 2.61 bits per heavy atom. The number of benzene rings is 1. The average Bonchev–Trinajstić information content (AvgIpc) is 2.78. The van der Waals surface area contributed by atoms with Gasteiger partial charge in [0.25, 0.3) is 0 Å². The number of carboxylic acid groups (broad SMARTS) is 1. The van der Waals surface area contributed by atoms with Gasteiger partial charge in [0, 0.05) is 23.4 Å². The number of hydrogen-bond acceptors (Lipinski definition) is 3. The van der Waals surface area contributed by atoms with Crippen LogP contribution in [0.3, 0.4) is 0 Å². The molecule has 1 aromatic carbocycles. The first-order valence-electron chi connectivity index (χ1n) is 5.60. The number of nitrogens with zero attached hydrogens (tertiary/aromatic N) is 2. The van der Waals surface area contributed by atoms with Crippen LogP contribution in [0, 0.1) is 0 Å². The summed E-state index contributed by atoms with van der Waals surface area (Å²) in [5.74, 6) is -1.12. The summed E-state index contributed by atoms with van der Waals surface area (Å²) in [7, 11) is 0. The van der Waals surface area contributed by atoms with Crippen molar-refractivity contribution in [1.82, 2.24) is 9.78 Å². The molecule has 2 rings (SSSR count). The van der Waals surface area contributed by atoms with Crippen molar-refractivity contribution in [2.45, 2.75) is 19.9 Å². The molecule has 18 heavy (non-hydrogen) atoms. The quantitative estimate of drug-likeness (QED) is 0.872. The predicted octanol–water partition coefficient (Wildman–Crippen LogP) is 2.53. The molecule has 0 aliphatic rings. The lowest BCUT2D eigenvalue weighted by atomic mass is 10.1. The SMILES string of the molecule is CC(C)n1cc(-c2ccc(C(=O)O)cc2O)cn1. The summed E-state index contributed by atoms with van der Waals surface area (Å²) in [6.07, 6.45) is 3.47. The molecule has 0 unspecified atom stereocenters. The molecule has 0 saturated carbocycles. The molecular weight excluding hydrogens is 232 g/mol. The smallest absolute Gasteiger partial charge is 0.335 e. The molecule has 5 heteroatoms. The summed E-state index contributed by atoms with van der Waals surface area (Å²) in [6, 6.07) is 4.52. The van der Waals surface area contributed by atoms with Crippen molar-refractivity contribution in [2.75, 3.05) is 0 Å². The van der Waals surface area contributed by atoms with Crippen molar-refractivity contribution < 1.29 is 15.0 Å². The van der Waals surface area contributed by atoms with Gasteiger partial charge in [-0.05, 0) is 32.0 Å². The van der Waals surface area contributed by atoms with E-state index in [-0.39, 0.29) is 17.4 Å². The summed E-state index contributed by atoms with van der Waals surface area (Å²) in [5, 5.41) is 22.8. The van der Waals surface area contributed by atoms with E-state index in [2.05, 4.69) is 5.10 Å². The highest BCUT2D eigenvalue weighted by atomic mass is 16.4. The monoisotopic (exact) mass is 246 g/mol. The van der Waals surface area contributed by atoms with Gasteiger partial charge in [0.1, 0.15) is 5.75 Å². The van der Waals surface area contributed by atoms with Crippen LogP contribution in [0.2, 0.25) is 0 Å². The average molecular weight is 246 g/mol. The molecule has 1 heterocycles. The minimum atomic E-state index is -1.06. The van der Waals surface area contributed by atoms with E-state index in [1.807, 2.05) is 20.0 Å². The number of phenols is 1. The van der Waals surface area contributed by atoms with Gasteiger partial charge in [-0.15, -0.1) is 0 Å². The third kappa shape index (κ3) is 2.20. The molecule has 0 amide bonds. The Morgan fingerprint density at radius 1 is 1.39 bits per heavy atom. The van der Waals surface area contributed by atoms with E-state index < -0.39 is 5.97 Å².